The number of carbonyl (C=O) groups is 1. The molecule has 110 valence electrons. The number of nitrogens with zero attached hydrogens (tertiary/aromatic N) is 2. The molecule has 2 aromatic rings. The molecule has 0 bridgehead atoms. The van der Waals surface area contributed by atoms with Crippen LogP contribution in [0.3, 0.4) is 0 Å². The van der Waals surface area contributed by atoms with Gasteiger partial charge in [-0.1, -0.05) is 43.7 Å². The van der Waals surface area contributed by atoms with E-state index in [9.17, 15) is 9.90 Å². The number of aromatic nitrogens is 2. The second kappa shape index (κ2) is 6.35. The normalized spacial score (nSPS) is 13.4. The molecule has 1 aromatic heterocycles. The highest BCUT2D eigenvalue weighted by molar-refractivity contribution is 5.85. The number of hydrogen-bond donors (Lipinski definition) is 1. The van der Waals surface area contributed by atoms with Crippen molar-refractivity contribution in [2.75, 3.05) is 7.11 Å². The third-order valence-corrected chi connectivity index (χ3v) is 3.56. The van der Waals surface area contributed by atoms with Crippen molar-refractivity contribution in [1.82, 2.24) is 9.97 Å². The van der Waals surface area contributed by atoms with Gasteiger partial charge >= 0.3 is 12.0 Å². The molecule has 1 unspecified atom stereocenters. The van der Waals surface area contributed by atoms with Crippen LogP contribution in [0, 0.1) is 0 Å². The summed E-state index contributed by atoms with van der Waals surface area (Å²) in [7, 11) is 1.47. The van der Waals surface area contributed by atoms with Crippen molar-refractivity contribution in [2.24, 2.45) is 0 Å². The van der Waals surface area contributed by atoms with Gasteiger partial charge in [0.25, 0.3) is 0 Å². The standard InChI is InChI=1S/C16H18N2O3/c1-3-9-16(14(19)20,12-7-5-4-6-8-12)13-10-17-15(21-2)18-11-13/h4-8,10-11H,3,9H2,1-2H3,(H,19,20). The highest BCUT2D eigenvalue weighted by atomic mass is 16.5. The van der Waals surface area contributed by atoms with Crippen LogP contribution in [0.5, 0.6) is 6.01 Å². The van der Waals surface area contributed by atoms with Gasteiger partial charge in [-0.05, 0) is 12.0 Å². The fourth-order valence-corrected chi connectivity index (χ4v) is 2.55. The first kappa shape index (κ1) is 15.0. The number of ether oxygens (including phenoxy) is 1. The summed E-state index contributed by atoms with van der Waals surface area (Å²) in [6.07, 6.45) is 4.26. The summed E-state index contributed by atoms with van der Waals surface area (Å²) in [6.45, 7) is 1.96. The van der Waals surface area contributed by atoms with Gasteiger partial charge in [-0.2, -0.15) is 0 Å². The van der Waals surface area contributed by atoms with Crippen molar-refractivity contribution in [2.45, 2.75) is 25.2 Å². The van der Waals surface area contributed by atoms with Crippen LogP contribution in [0.2, 0.25) is 0 Å². The molecule has 21 heavy (non-hydrogen) atoms. The van der Waals surface area contributed by atoms with E-state index in [0.717, 1.165) is 12.0 Å². The minimum absolute atomic E-state index is 0.225. The lowest BCUT2D eigenvalue weighted by atomic mass is 9.72. The van der Waals surface area contributed by atoms with Gasteiger partial charge in [-0.15, -0.1) is 0 Å². The largest absolute Gasteiger partial charge is 0.480 e. The van der Waals surface area contributed by atoms with Crippen LogP contribution in [0.25, 0.3) is 0 Å². The van der Waals surface area contributed by atoms with Crippen molar-refractivity contribution in [3.8, 4) is 6.01 Å². The molecule has 1 N–H and O–H groups in total. The van der Waals surface area contributed by atoms with E-state index >= 15 is 0 Å². The predicted octanol–water partition coefficient (Wildman–Crippen LogP) is 2.66. The van der Waals surface area contributed by atoms with E-state index in [-0.39, 0.29) is 6.01 Å². The van der Waals surface area contributed by atoms with Gasteiger partial charge in [0.2, 0.25) is 0 Å². The maximum absolute atomic E-state index is 12.1. The van der Waals surface area contributed by atoms with Crippen LogP contribution < -0.4 is 4.74 Å². The molecule has 5 heteroatoms. The SMILES string of the molecule is CCCC(C(=O)O)(c1ccccc1)c1cnc(OC)nc1. The van der Waals surface area contributed by atoms with Crippen LogP contribution in [-0.4, -0.2) is 28.2 Å². The Morgan fingerprint density at radius 3 is 2.29 bits per heavy atom. The molecule has 0 fully saturated rings. The van der Waals surface area contributed by atoms with E-state index in [1.54, 1.807) is 0 Å². The van der Waals surface area contributed by atoms with Gasteiger partial charge in [0.05, 0.1) is 7.11 Å². The van der Waals surface area contributed by atoms with E-state index in [2.05, 4.69) is 9.97 Å². The topological polar surface area (TPSA) is 72.3 Å². The van der Waals surface area contributed by atoms with E-state index in [4.69, 9.17) is 4.74 Å². The molecule has 0 aliphatic heterocycles. The molecule has 0 amide bonds. The third-order valence-electron chi connectivity index (χ3n) is 3.56. The van der Waals surface area contributed by atoms with Gasteiger partial charge in [0.1, 0.15) is 5.41 Å². The Morgan fingerprint density at radius 2 is 1.81 bits per heavy atom. The fraction of sp³-hybridized carbons (Fsp3) is 0.312. The summed E-state index contributed by atoms with van der Waals surface area (Å²) in [6, 6.07) is 9.43. The van der Waals surface area contributed by atoms with Gasteiger partial charge in [-0.25, -0.2) is 9.97 Å². The molecule has 0 aliphatic carbocycles. The molecule has 0 saturated carbocycles. The number of rotatable bonds is 6. The van der Waals surface area contributed by atoms with Crippen molar-refractivity contribution in [1.29, 1.82) is 0 Å². The molecule has 1 atom stereocenters. The number of methoxy groups -OCH3 is 1. The van der Waals surface area contributed by atoms with Crippen molar-refractivity contribution >= 4 is 5.97 Å². The summed E-state index contributed by atoms with van der Waals surface area (Å²) in [5.74, 6) is -0.899. The molecular formula is C16H18N2O3. The molecule has 0 spiro atoms. The Labute approximate surface area is 123 Å². The first-order valence-corrected chi connectivity index (χ1v) is 6.80. The molecule has 1 heterocycles. The Balaban J connectivity index is 2.61. The predicted molar refractivity (Wildman–Crippen MR) is 78.3 cm³/mol. The van der Waals surface area contributed by atoms with E-state index < -0.39 is 11.4 Å². The fourth-order valence-electron chi connectivity index (χ4n) is 2.55. The molecule has 2 rings (SSSR count). The second-order valence-electron chi connectivity index (χ2n) is 4.78. The summed E-state index contributed by atoms with van der Waals surface area (Å²) in [5.41, 5.74) is 0.152. The lowest BCUT2D eigenvalue weighted by Crippen LogP contribution is -2.37. The Kier molecular flexibility index (Phi) is 4.52. The maximum Gasteiger partial charge on any atom is 0.318 e. The molecular weight excluding hydrogens is 268 g/mol. The lowest BCUT2D eigenvalue weighted by Gasteiger charge is -2.29. The van der Waals surface area contributed by atoms with Gasteiger partial charge in [0, 0.05) is 18.0 Å². The number of carboxylic acids is 1. The number of carboxylic acid groups (broad SMARTS) is 1. The molecule has 0 aliphatic rings. The monoisotopic (exact) mass is 286 g/mol. The number of hydrogen-bond acceptors (Lipinski definition) is 4. The smallest absolute Gasteiger partial charge is 0.318 e. The number of benzene rings is 1. The third kappa shape index (κ3) is 2.72. The second-order valence-corrected chi connectivity index (χ2v) is 4.78. The average molecular weight is 286 g/mol. The minimum atomic E-state index is -1.14. The minimum Gasteiger partial charge on any atom is -0.480 e. The zero-order valence-electron chi connectivity index (χ0n) is 12.1. The van der Waals surface area contributed by atoms with Crippen molar-refractivity contribution < 1.29 is 14.6 Å². The number of aliphatic carboxylic acids is 1. The van der Waals surface area contributed by atoms with Crippen LogP contribution >= 0.6 is 0 Å². The molecule has 0 saturated heterocycles. The highest BCUT2D eigenvalue weighted by Gasteiger charge is 2.42. The lowest BCUT2D eigenvalue weighted by molar-refractivity contribution is -0.142. The van der Waals surface area contributed by atoms with Gasteiger partial charge < -0.3 is 9.84 Å². The summed E-state index contributed by atoms with van der Waals surface area (Å²) >= 11 is 0. The first-order chi connectivity index (χ1) is 10.1. The Hall–Kier alpha value is -2.43. The maximum atomic E-state index is 12.1. The summed E-state index contributed by atoms with van der Waals surface area (Å²) in [4.78, 5) is 20.2. The quantitative estimate of drug-likeness (QED) is 0.883. The zero-order valence-corrected chi connectivity index (χ0v) is 12.1. The van der Waals surface area contributed by atoms with E-state index in [0.29, 0.717) is 12.0 Å². The van der Waals surface area contributed by atoms with Crippen molar-refractivity contribution in [3.63, 3.8) is 0 Å². The average Bonchev–Trinajstić information content (AvgIpc) is 2.53. The van der Waals surface area contributed by atoms with Gasteiger partial charge in [0.15, 0.2) is 0 Å². The van der Waals surface area contributed by atoms with Crippen LogP contribution in [0.1, 0.15) is 30.9 Å². The van der Waals surface area contributed by atoms with Gasteiger partial charge in [-0.3, -0.25) is 4.79 Å². The molecule has 1 aromatic carbocycles. The van der Waals surface area contributed by atoms with Crippen LogP contribution in [0.4, 0.5) is 0 Å². The van der Waals surface area contributed by atoms with Crippen LogP contribution in [-0.2, 0) is 10.2 Å². The van der Waals surface area contributed by atoms with E-state index in [1.165, 1.54) is 19.5 Å². The van der Waals surface area contributed by atoms with Crippen molar-refractivity contribution in [3.05, 3.63) is 53.9 Å². The first-order valence-electron chi connectivity index (χ1n) is 6.80. The Bertz CT molecular complexity index is 599. The Morgan fingerprint density at radius 1 is 1.19 bits per heavy atom. The zero-order chi connectivity index (χ0) is 15.3. The van der Waals surface area contributed by atoms with Crippen LogP contribution in [0.15, 0.2) is 42.7 Å². The summed E-state index contributed by atoms with van der Waals surface area (Å²) < 4.78 is 4.94. The molecule has 0 radical (unpaired) electrons. The molecule has 5 nitrogen and oxygen atoms in total. The van der Waals surface area contributed by atoms with E-state index in [1.807, 2.05) is 37.3 Å². The summed E-state index contributed by atoms with van der Waals surface area (Å²) in [5, 5.41) is 9.90. The highest BCUT2D eigenvalue weighted by Crippen LogP contribution is 2.36.